The van der Waals surface area contributed by atoms with Crippen LogP contribution < -0.4 is 4.90 Å². The molecule has 0 unspecified atom stereocenters. The molecule has 1 aromatic carbocycles. The smallest absolute Gasteiger partial charge is 0.225 e. The van der Waals surface area contributed by atoms with Gasteiger partial charge >= 0.3 is 0 Å². The molecule has 1 saturated heterocycles. The van der Waals surface area contributed by atoms with Crippen molar-refractivity contribution < 1.29 is 4.79 Å². The van der Waals surface area contributed by atoms with Gasteiger partial charge in [0.1, 0.15) is 5.82 Å². The third kappa shape index (κ3) is 5.48. The predicted molar refractivity (Wildman–Crippen MR) is 133 cm³/mol. The number of hydrogen-bond acceptors (Lipinski definition) is 4. The van der Waals surface area contributed by atoms with E-state index in [4.69, 9.17) is 9.97 Å². The number of aromatic nitrogens is 2. The fourth-order valence-corrected chi connectivity index (χ4v) is 4.75. The van der Waals surface area contributed by atoms with Gasteiger partial charge in [-0.05, 0) is 38.7 Å². The van der Waals surface area contributed by atoms with Gasteiger partial charge in [-0.1, -0.05) is 64.3 Å². The minimum absolute atomic E-state index is 0.168. The fraction of sp³-hybridized carbons (Fsp3) is 0.593. The molecule has 0 aliphatic carbocycles. The van der Waals surface area contributed by atoms with Crippen LogP contribution >= 0.6 is 0 Å². The standard InChI is InChI=1S/C27H40N4O/c1-7-9-12-22(8-2)27(32)31-16-14-30(15-17-31)26-24(19(3)4)21(6)28-25(29-26)23-13-10-11-20(5)18-23/h10-11,13,18-19,22H,7-9,12,14-17H2,1-6H3/t22-/m0/s1. The number of carbonyl (C=O) groups excluding carboxylic acids is 1. The number of anilines is 1. The molecular formula is C27H40N4O. The third-order valence-corrected chi connectivity index (χ3v) is 6.61. The molecule has 1 atom stereocenters. The molecule has 1 aliphatic rings. The molecule has 32 heavy (non-hydrogen) atoms. The third-order valence-electron chi connectivity index (χ3n) is 6.61. The zero-order chi connectivity index (χ0) is 23.3. The summed E-state index contributed by atoms with van der Waals surface area (Å²) < 4.78 is 0. The van der Waals surface area contributed by atoms with E-state index in [9.17, 15) is 4.79 Å². The molecule has 1 aliphatic heterocycles. The van der Waals surface area contributed by atoms with Crippen LogP contribution in [-0.4, -0.2) is 47.0 Å². The lowest BCUT2D eigenvalue weighted by Gasteiger charge is -2.38. The Hall–Kier alpha value is -2.43. The van der Waals surface area contributed by atoms with Gasteiger partial charge in [-0.15, -0.1) is 0 Å². The number of amides is 1. The number of benzene rings is 1. The number of aryl methyl sites for hydroxylation is 2. The van der Waals surface area contributed by atoms with E-state index in [-0.39, 0.29) is 5.92 Å². The Kier molecular flexibility index (Phi) is 8.27. The van der Waals surface area contributed by atoms with Crippen molar-refractivity contribution in [3.8, 4) is 11.4 Å². The lowest BCUT2D eigenvalue weighted by atomic mass is 9.97. The molecule has 0 saturated carbocycles. The van der Waals surface area contributed by atoms with E-state index in [1.807, 2.05) is 0 Å². The highest BCUT2D eigenvalue weighted by molar-refractivity contribution is 5.79. The largest absolute Gasteiger partial charge is 0.353 e. The molecule has 2 heterocycles. The number of hydrogen-bond donors (Lipinski definition) is 0. The van der Waals surface area contributed by atoms with Gasteiger partial charge in [-0.2, -0.15) is 0 Å². The fourth-order valence-electron chi connectivity index (χ4n) is 4.75. The van der Waals surface area contributed by atoms with E-state index in [1.54, 1.807) is 0 Å². The van der Waals surface area contributed by atoms with Gasteiger partial charge in [0.25, 0.3) is 0 Å². The number of unbranched alkanes of at least 4 members (excludes halogenated alkanes) is 1. The number of piperazine rings is 1. The van der Waals surface area contributed by atoms with Gasteiger partial charge in [0.15, 0.2) is 5.82 Å². The molecule has 0 radical (unpaired) electrons. The van der Waals surface area contributed by atoms with Gasteiger partial charge < -0.3 is 9.80 Å². The van der Waals surface area contributed by atoms with Crippen LogP contribution in [0.5, 0.6) is 0 Å². The average molecular weight is 437 g/mol. The maximum Gasteiger partial charge on any atom is 0.225 e. The molecule has 5 nitrogen and oxygen atoms in total. The summed E-state index contributed by atoms with van der Waals surface area (Å²) in [5.74, 6) is 2.67. The van der Waals surface area contributed by atoms with Crippen molar-refractivity contribution in [2.75, 3.05) is 31.1 Å². The van der Waals surface area contributed by atoms with E-state index >= 15 is 0 Å². The number of carbonyl (C=O) groups is 1. The summed E-state index contributed by atoms with van der Waals surface area (Å²) in [6.07, 6.45) is 4.21. The normalized spacial score (nSPS) is 15.3. The van der Waals surface area contributed by atoms with Gasteiger partial charge in [-0.3, -0.25) is 4.79 Å². The second-order valence-electron chi connectivity index (χ2n) is 9.45. The Morgan fingerprint density at radius 1 is 1.06 bits per heavy atom. The highest BCUT2D eigenvalue weighted by Crippen LogP contribution is 2.32. The van der Waals surface area contributed by atoms with Crippen LogP contribution in [0.15, 0.2) is 24.3 Å². The minimum atomic E-state index is 0.168. The first-order valence-corrected chi connectivity index (χ1v) is 12.3. The molecule has 5 heteroatoms. The summed E-state index contributed by atoms with van der Waals surface area (Å²) in [5, 5.41) is 0. The van der Waals surface area contributed by atoms with E-state index in [1.165, 1.54) is 11.1 Å². The van der Waals surface area contributed by atoms with Crippen LogP contribution in [0.25, 0.3) is 11.4 Å². The van der Waals surface area contributed by atoms with Crippen molar-refractivity contribution in [3.63, 3.8) is 0 Å². The van der Waals surface area contributed by atoms with Crippen molar-refractivity contribution in [1.82, 2.24) is 14.9 Å². The van der Waals surface area contributed by atoms with Gasteiger partial charge in [0, 0.05) is 48.9 Å². The highest BCUT2D eigenvalue weighted by atomic mass is 16.2. The molecule has 0 bridgehead atoms. The molecule has 174 valence electrons. The van der Waals surface area contributed by atoms with E-state index in [0.29, 0.717) is 11.8 Å². The number of rotatable bonds is 8. The van der Waals surface area contributed by atoms with Crippen LogP contribution in [0.3, 0.4) is 0 Å². The Labute approximate surface area is 194 Å². The molecule has 1 amide bonds. The second-order valence-corrected chi connectivity index (χ2v) is 9.45. The first-order valence-electron chi connectivity index (χ1n) is 12.3. The van der Waals surface area contributed by atoms with Crippen molar-refractivity contribution in [2.24, 2.45) is 5.92 Å². The van der Waals surface area contributed by atoms with Crippen molar-refractivity contribution in [1.29, 1.82) is 0 Å². The second kappa shape index (κ2) is 10.9. The number of nitrogens with zero attached hydrogens (tertiary/aromatic N) is 4. The molecule has 2 aromatic rings. The molecule has 3 rings (SSSR count). The van der Waals surface area contributed by atoms with E-state index < -0.39 is 0 Å². The monoisotopic (exact) mass is 436 g/mol. The first-order chi connectivity index (χ1) is 15.3. The Balaban J connectivity index is 1.83. The Morgan fingerprint density at radius 2 is 1.78 bits per heavy atom. The minimum Gasteiger partial charge on any atom is -0.353 e. The van der Waals surface area contributed by atoms with Gasteiger partial charge in [-0.25, -0.2) is 9.97 Å². The first kappa shape index (κ1) is 24.2. The van der Waals surface area contributed by atoms with Crippen LogP contribution in [0, 0.1) is 19.8 Å². The van der Waals surface area contributed by atoms with E-state index in [0.717, 1.165) is 74.8 Å². The van der Waals surface area contributed by atoms with Crippen LogP contribution in [-0.2, 0) is 4.79 Å². The van der Waals surface area contributed by atoms with Crippen molar-refractivity contribution in [2.45, 2.75) is 73.1 Å². The summed E-state index contributed by atoms with van der Waals surface area (Å²) >= 11 is 0. The topological polar surface area (TPSA) is 49.3 Å². The molecule has 0 N–H and O–H groups in total. The Morgan fingerprint density at radius 3 is 2.38 bits per heavy atom. The summed E-state index contributed by atoms with van der Waals surface area (Å²) in [4.78, 5) is 27.4. The zero-order valence-electron chi connectivity index (χ0n) is 20.8. The van der Waals surface area contributed by atoms with Crippen LogP contribution in [0.2, 0.25) is 0 Å². The van der Waals surface area contributed by atoms with Crippen molar-refractivity contribution in [3.05, 3.63) is 41.1 Å². The maximum atomic E-state index is 13.1. The summed E-state index contributed by atoms with van der Waals surface area (Å²) in [6.45, 7) is 16.1. The summed E-state index contributed by atoms with van der Waals surface area (Å²) in [5.41, 5.74) is 4.53. The van der Waals surface area contributed by atoms with E-state index in [2.05, 4.69) is 75.6 Å². The molecule has 0 spiro atoms. The van der Waals surface area contributed by atoms with Gasteiger partial charge in [0.2, 0.25) is 5.91 Å². The van der Waals surface area contributed by atoms with Crippen molar-refractivity contribution >= 4 is 11.7 Å². The average Bonchev–Trinajstić information content (AvgIpc) is 2.78. The summed E-state index contributed by atoms with van der Waals surface area (Å²) in [6, 6.07) is 8.39. The van der Waals surface area contributed by atoms with Gasteiger partial charge in [0.05, 0.1) is 0 Å². The molecule has 1 fully saturated rings. The lowest BCUT2D eigenvalue weighted by molar-refractivity contribution is -0.136. The molecular weight excluding hydrogens is 396 g/mol. The quantitative estimate of drug-likeness (QED) is 0.529. The predicted octanol–water partition coefficient (Wildman–Crippen LogP) is 5.75. The lowest BCUT2D eigenvalue weighted by Crippen LogP contribution is -2.51. The maximum absolute atomic E-state index is 13.1. The SMILES string of the molecule is CCCC[C@H](CC)C(=O)N1CCN(c2nc(-c3cccc(C)c3)nc(C)c2C(C)C)CC1. The molecule has 1 aromatic heterocycles. The van der Waals surface area contributed by atoms with Crippen LogP contribution in [0.4, 0.5) is 5.82 Å². The zero-order valence-corrected chi connectivity index (χ0v) is 20.8. The Bertz CT molecular complexity index is 916. The van der Waals surface area contributed by atoms with Crippen LogP contribution in [0.1, 0.15) is 76.1 Å². The summed E-state index contributed by atoms with van der Waals surface area (Å²) in [7, 11) is 0. The highest BCUT2D eigenvalue weighted by Gasteiger charge is 2.28.